The number of halogens is 3. The Hall–Kier alpha value is -3.56. The Labute approximate surface area is 188 Å². The molecule has 0 amide bonds. The van der Waals surface area contributed by atoms with Crippen LogP contribution >= 0.6 is 0 Å². The molecular weight excluding hydrogens is 437 g/mol. The lowest BCUT2D eigenvalue weighted by atomic mass is 10.1. The first-order valence-corrected chi connectivity index (χ1v) is 10.4. The molecule has 1 heterocycles. The zero-order valence-corrected chi connectivity index (χ0v) is 18.7. The number of alkyl halides is 3. The van der Waals surface area contributed by atoms with Crippen LogP contribution in [0.1, 0.15) is 44.9 Å². The molecule has 0 saturated heterocycles. The molecule has 0 bridgehead atoms. The predicted octanol–water partition coefficient (Wildman–Crippen LogP) is 4.58. The Bertz CT molecular complexity index is 1230. The monoisotopic (exact) mass is 462 g/mol. The van der Waals surface area contributed by atoms with Gasteiger partial charge in [-0.25, -0.2) is 14.2 Å². The maximum absolute atomic E-state index is 13.5. The van der Waals surface area contributed by atoms with Crippen molar-refractivity contribution in [2.45, 2.75) is 52.6 Å². The molecule has 0 saturated carbocycles. The molecule has 10 heteroatoms. The third kappa shape index (κ3) is 5.63. The lowest BCUT2D eigenvalue weighted by Crippen LogP contribution is -2.43. The summed E-state index contributed by atoms with van der Waals surface area (Å²) in [6.07, 6.45) is -4.62. The molecule has 1 aromatic heterocycles. The summed E-state index contributed by atoms with van der Waals surface area (Å²) in [6.45, 7) is 6.60. The zero-order valence-electron chi connectivity index (χ0n) is 18.7. The van der Waals surface area contributed by atoms with Gasteiger partial charge in [-0.05, 0) is 63.6 Å². The van der Waals surface area contributed by atoms with E-state index >= 15 is 0 Å². The van der Waals surface area contributed by atoms with E-state index in [1.807, 2.05) is 13.8 Å². The summed E-state index contributed by atoms with van der Waals surface area (Å²) in [5, 5.41) is 2.88. The number of benzene rings is 2. The number of anilines is 2. The third-order valence-corrected chi connectivity index (χ3v) is 4.75. The third-order valence-electron chi connectivity index (χ3n) is 4.75. The molecule has 0 radical (unpaired) electrons. The number of hydrogen-bond acceptors (Lipinski definition) is 5. The first-order valence-electron chi connectivity index (χ1n) is 10.4. The zero-order chi connectivity index (χ0) is 24.3. The van der Waals surface area contributed by atoms with Crippen LogP contribution in [-0.4, -0.2) is 20.2 Å². The van der Waals surface area contributed by atoms with Crippen molar-refractivity contribution in [1.82, 2.24) is 14.1 Å². The van der Waals surface area contributed by atoms with Gasteiger partial charge >= 0.3 is 17.6 Å². The molecule has 0 fully saturated rings. The van der Waals surface area contributed by atoms with E-state index in [1.165, 1.54) is 18.2 Å². The van der Waals surface area contributed by atoms with E-state index in [0.29, 0.717) is 11.4 Å². The molecule has 1 N–H and O–H groups in total. The van der Waals surface area contributed by atoms with E-state index in [4.69, 9.17) is 4.74 Å². The van der Waals surface area contributed by atoms with Crippen LogP contribution in [0.3, 0.4) is 0 Å². The molecule has 0 aliphatic rings. The Morgan fingerprint density at radius 3 is 2.21 bits per heavy atom. The molecule has 0 aliphatic heterocycles. The van der Waals surface area contributed by atoms with Crippen molar-refractivity contribution in [3.63, 3.8) is 0 Å². The van der Waals surface area contributed by atoms with Crippen molar-refractivity contribution in [2.75, 3.05) is 5.32 Å². The maximum Gasteiger partial charge on any atom is 0.416 e. The van der Waals surface area contributed by atoms with Crippen molar-refractivity contribution in [3.8, 4) is 5.75 Å². The van der Waals surface area contributed by atoms with Gasteiger partial charge in [0.1, 0.15) is 5.75 Å². The normalized spacial score (nSPS) is 11.8. The second-order valence-electron chi connectivity index (χ2n) is 8.02. The summed E-state index contributed by atoms with van der Waals surface area (Å²) >= 11 is 0. The van der Waals surface area contributed by atoms with E-state index in [0.717, 1.165) is 15.2 Å². The molecule has 0 atom stereocenters. The Morgan fingerprint density at radius 1 is 1.00 bits per heavy atom. The minimum absolute atomic E-state index is 0.0204. The Balaban J connectivity index is 2.08. The quantitative estimate of drug-likeness (QED) is 0.556. The first-order chi connectivity index (χ1) is 15.5. The van der Waals surface area contributed by atoms with Crippen LogP contribution in [0.25, 0.3) is 0 Å². The van der Waals surface area contributed by atoms with Gasteiger partial charge in [-0.2, -0.15) is 18.2 Å². The minimum atomic E-state index is -4.60. The second-order valence-corrected chi connectivity index (χ2v) is 8.02. The molecule has 2 aromatic carbocycles. The van der Waals surface area contributed by atoms with Gasteiger partial charge in [-0.1, -0.05) is 18.2 Å². The van der Waals surface area contributed by atoms with E-state index in [2.05, 4.69) is 10.3 Å². The summed E-state index contributed by atoms with van der Waals surface area (Å²) in [7, 11) is 0. The summed E-state index contributed by atoms with van der Waals surface area (Å²) in [4.78, 5) is 29.6. The van der Waals surface area contributed by atoms with Gasteiger partial charge in [0, 0.05) is 11.7 Å². The van der Waals surface area contributed by atoms with Crippen molar-refractivity contribution >= 4 is 11.6 Å². The Kier molecular flexibility index (Phi) is 6.95. The van der Waals surface area contributed by atoms with Crippen LogP contribution in [0.5, 0.6) is 5.75 Å². The van der Waals surface area contributed by atoms with Crippen molar-refractivity contribution in [3.05, 3.63) is 80.6 Å². The molecule has 3 aromatic rings. The van der Waals surface area contributed by atoms with Crippen LogP contribution in [0.15, 0.2) is 58.1 Å². The van der Waals surface area contributed by atoms with Crippen LogP contribution in [0, 0.1) is 0 Å². The van der Waals surface area contributed by atoms with Crippen LogP contribution in [-0.2, 0) is 12.7 Å². The number of rotatable bonds is 7. The van der Waals surface area contributed by atoms with E-state index in [1.54, 1.807) is 38.1 Å². The largest absolute Gasteiger partial charge is 0.491 e. The first kappa shape index (κ1) is 24.1. The fourth-order valence-corrected chi connectivity index (χ4v) is 3.31. The average Bonchev–Trinajstić information content (AvgIpc) is 2.71. The molecule has 3 rings (SSSR count). The van der Waals surface area contributed by atoms with Crippen LogP contribution in [0.4, 0.5) is 24.8 Å². The number of nitrogens with zero attached hydrogens (tertiary/aromatic N) is 3. The van der Waals surface area contributed by atoms with Gasteiger partial charge in [0.15, 0.2) is 0 Å². The summed E-state index contributed by atoms with van der Waals surface area (Å²) in [5.41, 5.74) is -2.05. The van der Waals surface area contributed by atoms with Gasteiger partial charge in [0.25, 0.3) is 0 Å². The van der Waals surface area contributed by atoms with Crippen LogP contribution in [0.2, 0.25) is 0 Å². The standard InChI is InChI=1S/C23H25F3N4O3/c1-14(2)30-21(31)28-20(27-17-9-11-18(12-10-17)33-15(3)4)29(22(30)32)13-16-7-5-6-8-19(16)23(24,25)26/h5-12,14-15H,13H2,1-4H3,(H,27,28,31). The van der Waals surface area contributed by atoms with Gasteiger partial charge in [0.05, 0.1) is 18.2 Å². The lowest BCUT2D eigenvalue weighted by Gasteiger charge is -2.19. The number of hydrogen-bond donors (Lipinski definition) is 1. The fourth-order valence-electron chi connectivity index (χ4n) is 3.31. The Morgan fingerprint density at radius 2 is 1.64 bits per heavy atom. The van der Waals surface area contributed by atoms with E-state index in [-0.39, 0.29) is 17.6 Å². The van der Waals surface area contributed by atoms with Crippen molar-refractivity contribution in [1.29, 1.82) is 0 Å². The SMILES string of the molecule is CC(C)Oc1ccc(Nc2nc(=O)n(C(C)C)c(=O)n2Cc2ccccc2C(F)(F)F)cc1. The van der Waals surface area contributed by atoms with E-state index in [9.17, 15) is 22.8 Å². The van der Waals surface area contributed by atoms with Gasteiger partial charge in [-0.15, -0.1) is 0 Å². The molecular formula is C23H25F3N4O3. The summed E-state index contributed by atoms with van der Waals surface area (Å²) in [6, 6.07) is 11.2. The lowest BCUT2D eigenvalue weighted by molar-refractivity contribution is -0.138. The number of nitrogens with one attached hydrogen (secondary N) is 1. The highest BCUT2D eigenvalue weighted by molar-refractivity contribution is 5.54. The molecule has 33 heavy (non-hydrogen) atoms. The maximum atomic E-state index is 13.5. The molecule has 0 aliphatic carbocycles. The average molecular weight is 462 g/mol. The molecule has 0 unspecified atom stereocenters. The van der Waals surface area contributed by atoms with Crippen LogP contribution < -0.4 is 21.4 Å². The summed E-state index contributed by atoms with van der Waals surface area (Å²) in [5.74, 6) is 0.464. The van der Waals surface area contributed by atoms with Crippen molar-refractivity contribution in [2.24, 2.45) is 0 Å². The van der Waals surface area contributed by atoms with Gasteiger partial charge < -0.3 is 10.1 Å². The highest BCUT2D eigenvalue weighted by Gasteiger charge is 2.33. The smallest absolute Gasteiger partial charge is 0.416 e. The highest BCUT2D eigenvalue weighted by Crippen LogP contribution is 2.32. The second kappa shape index (κ2) is 9.51. The van der Waals surface area contributed by atoms with Gasteiger partial charge in [0.2, 0.25) is 5.95 Å². The molecule has 7 nitrogen and oxygen atoms in total. The van der Waals surface area contributed by atoms with E-state index < -0.39 is 35.7 Å². The topological polar surface area (TPSA) is 78.2 Å². The number of ether oxygens (including phenoxy) is 1. The minimum Gasteiger partial charge on any atom is -0.491 e. The highest BCUT2D eigenvalue weighted by atomic mass is 19.4. The van der Waals surface area contributed by atoms with Gasteiger partial charge in [-0.3, -0.25) is 4.57 Å². The fraction of sp³-hybridized carbons (Fsp3) is 0.348. The molecule has 176 valence electrons. The predicted molar refractivity (Wildman–Crippen MR) is 119 cm³/mol. The number of aromatic nitrogens is 3. The molecule has 0 spiro atoms. The van der Waals surface area contributed by atoms with Crippen molar-refractivity contribution < 1.29 is 17.9 Å². The summed E-state index contributed by atoms with van der Waals surface area (Å²) < 4.78 is 48.1.